The summed E-state index contributed by atoms with van der Waals surface area (Å²) in [5, 5.41) is 2.56. The predicted molar refractivity (Wildman–Crippen MR) is 55.6 cm³/mol. The molecule has 2 rings (SSSR count). The van der Waals surface area contributed by atoms with Crippen molar-refractivity contribution in [1.82, 2.24) is 5.73 Å². The Hall–Kier alpha value is -1.34. The summed E-state index contributed by atoms with van der Waals surface area (Å²) in [5.41, 5.74) is 8.50. The van der Waals surface area contributed by atoms with Crippen LogP contribution in [0.3, 0.4) is 0 Å². The van der Waals surface area contributed by atoms with Gasteiger partial charge in [-0.25, -0.2) is 0 Å². The van der Waals surface area contributed by atoms with Gasteiger partial charge in [-0.05, 0) is 22.8 Å². The Balaban J connectivity index is 2.61. The average Bonchev–Trinajstić information content (AvgIpc) is 2.19. The molecule has 0 aliphatic heterocycles. The van der Waals surface area contributed by atoms with E-state index in [2.05, 4.69) is 36.4 Å². The highest BCUT2D eigenvalue weighted by Gasteiger charge is 1.97. The van der Waals surface area contributed by atoms with Crippen LogP contribution in [-0.2, 0) is 6.42 Å². The number of nitrogens with one attached hydrogen (secondary N) is 1. The van der Waals surface area contributed by atoms with Crippen LogP contribution in [0.15, 0.2) is 42.5 Å². The van der Waals surface area contributed by atoms with Crippen LogP contribution < -0.4 is 5.73 Å². The Labute approximate surface area is 78.2 Å². The zero-order valence-corrected chi connectivity index (χ0v) is 7.46. The first-order chi connectivity index (χ1) is 6.42. The molecule has 0 atom stereocenters. The number of fused-ring (bicyclic) bond motifs is 1. The highest BCUT2D eigenvalue weighted by Crippen LogP contribution is 2.18. The lowest BCUT2D eigenvalue weighted by atomic mass is 10.0. The van der Waals surface area contributed by atoms with Gasteiger partial charge in [0.15, 0.2) is 0 Å². The minimum atomic E-state index is 0.466. The van der Waals surface area contributed by atoms with Crippen LogP contribution in [0.4, 0.5) is 0 Å². The van der Waals surface area contributed by atoms with Crippen LogP contribution in [0.5, 0.6) is 0 Å². The van der Waals surface area contributed by atoms with E-state index in [0.717, 1.165) is 6.42 Å². The van der Waals surface area contributed by atoms with Gasteiger partial charge in [0, 0.05) is 6.54 Å². The van der Waals surface area contributed by atoms with Crippen molar-refractivity contribution >= 4 is 10.8 Å². The third-order valence-electron chi connectivity index (χ3n) is 2.27. The fourth-order valence-electron chi connectivity index (χ4n) is 1.65. The van der Waals surface area contributed by atoms with Crippen LogP contribution in [0.1, 0.15) is 5.56 Å². The van der Waals surface area contributed by atoms with Crippen LogP contribution in [-0.4, -0.2) is 6.54 Å². The van der Waals surface area contributed by atoms with Gasteiger partial charge in [0.1, 0.15) is 0 Å². The lowest BCUT2D eigenvalue weighted by Gasteiger charge is -2.03. The maximum atomic E-state index is 7.22. The summed E-state index contributed by atoms with van der Waals surface area (Å²) >= 11 is 0. The molecule has 0 aromatic heterocycles. The van der Waals surface area contributed by atoms with Crippen molar-refractivity contribution in [2.75, 3.05) is 6.54 Å². The maximum absolute atomic E-state index is 7.22. The Morgan fingerprint density at radius 3 is 2.54 bits per heavy atom. The topological polar surface area (TPSA) is 23.8 Å². The number of rotatable bonds is 2. The Morgan fingerprint density at radius 1 is 0.923 bits per heavy atom. The lowest BCUT2D eigenvalue weighted by Crippen LogP contribution is -1.92. The van der Waals surface area contributed by atoms with E-state index in [1.807, 2.05) is 6.07 Å². The smallest absolute Gasteiger partial charge is 0.0140 e. The molecule has 2 aromatic carbocycles. The van der Waals surface area contributed by atoms with E-state index in [0.29, 0.717) is 6.54 Å². The van der Waals surface area contributed by atoms with E-state index < -0.39 is 0 Å². The fraction of sp³-hybridized carbons (Fsp3) is 0.167. The fourth-order valence-corrected chi connectivity index (χ4v) is 1.65. The zero-order valence-electron chi connectivity index (χ0n) is 7.46. The van der Waals surface area contributed by atoms with E-state index in [9.17, 15) is 0 Å². The van der Waals surface area contributed by atoms with Crippen molar-refractivity contribution in [3.63, 3.8) is 0 Å². The molecule has 0 fully saturated rings. The van der Waals surface area contributed by atoms with Crippen molar-refractivity contribution in [2.24, 2.45) is 0 Å². The molecule has 0 aliphatic rings. The summed E-state index contributed by atoms with van der Waals surface area (Å²) in [5.74, 6) is 0. The van der Waals surface area contributed by atoms with E-state index in [1.54, 1.807) is 0 Å². The summed E-state index contributed by atoms with van der Waals surface area (Å²) in [6.07, 6.45) is 0.849. The summed E-state index contributed by atoms with van der Waals surface area (Å²) < 4.78 is 0. The molecular formula is C12H12N. The Kier molecular flexibility index (Phi) is 2.28. The molecule has 1 radical (unpaired) electrons. The largest absolute Gasteiger partial charge is 0.258 e. The van der Waals surface area contributed by atoms with Gasteiger partial charge in [0.2, 0.25) is 0 Å². The van der Waals surface area contributed by atoms with Gasteiger partial charge >= 0.3 is 0 Å². The van der Waals surface area contributed by atoms with Gasteiger partial charge in [-0.3, -0.25) is 5.73 Å². The van der Waals surface area contributed by atoms with Crippen LogP contribution in [0.25, 0.3) is 10.8 Å². The summed E-state index contributed by atoms with van der Waals surface area (Å²) in [6, 6.07) is 14.6. The second-order valence-electron chi connectivity index (χ2n) is 3.14. The molecule has 1 heteroatoms. The molecule has 65 valence electrons. The minimum Gasteiger partial charge on any atom is -0.258 e. The van der Waals surface area contributed by atoms with E-state index >= 15 is 0 Å². The number of hydrogen-bond acceptors (Lipinski definition) is 0. The predicted octanol–water partition coefficient (Wildman–Crippen LogP) is 2.67. The molecule has 0 saturated carbocycles. The van der Waals surface area contributed by atoms with Crippen molar-refractivity contribution in [2.45, 2.75) is 6.42 Å². The van der Waals surface area contributed by atoms with Crippen LogP contribution in [0, 0.1) is 0 Å². The molecule has 0 aliphatic carbocycles. The van der Waals surface area contributed by atoms with Crippen LogP contribution >= 0.6 is 0 Å². The molecule has 1 nitrogen and oxygen atoms in total. The second-order valence-corrected chi connectivity index (χ2v) is 3.14. The lowest BCUT2D eigenvalue weighted by molar-refractivity contribution is 0.949. The third kappa shape index (κ3) is 1.56. The highest BCUT2D eigenvalue weighted by atomic mass is 14.5. The number of hydrogen-bond donors (Lipinski definition) is 0. The van der Waals surface area contributed by atoms with Gasteiger partial charge in [-0.2, -0.15) is 0 Å². The van der Waals surface area contributed by atoms with Crippen molar-refractivity contribution in [1.29, 1.82) is 0 Å². The van der Waals surface area contributed by atoms with Gasteiger partial charge in [-0.15, -0.1) is 0 Å². The highest BCUT2D eigenvalue weighted by molar-refractivity contribution is 5.85. The standard InChI is InChI=1S/C12H12N/c13-9-8-11-6-3-5-10-4-1-2-7-12(10)11/h1-7,13H,8-9H2. The first-order valence-electron chi connectivity index (χ1n) is 4.53. The first kappa shape index (κ1) is 8.27. The quantitative estimate of drug-likeness (QED) is 0.661. The van der Waals surface area contributed by atoms with Gasteiger partial charge < -0.3 is 0 Å². The second kappa shape index (κ2) is 3.58. The van der Waals surface area contributed by atoms with Gasteiger partial charge in [0.05, 0.1) is 0 Å². The number of benzene rings is 2. The molecular weight excluding hydrogens is 158 g/mol. The van der Waals surface area contributed by atoms with Crippen LogP contribution in [0.2, 0.25) is 0 Å². The monoisotopic (exact) mass is 170 g/mol. The van der Waals surface area contributed by atoms with E-state index in [4.69, 9.17) is 5.73 Å². The Bertz CT molecular complexity index is 401. The molecule has 0 unspecified atom stereocenters. The molecule has 1 N–H and O–H groups in total. The summed E-state index contributed by atoms with van der Waals surface area (Å²) in [7, 11) is 0. The molecule has 0 bridgehead atoms. The van der Waals surface area contributed by atoms with E-state index in [-0.39, 0.29) is 0 Å². The third-order valence-corrected chi connectivity index (χ3v) is 2.27. The molecule has 0 spiro atoms. The van der Waals surface area contributed by atoms with Crippen molar-refractivity contribution < 1.29 is 0 Å². The SMILES string of the molecule is [NH]CCc1cccc2ccccc12. The normalized spacial score (nSPS) is 10.5. The van der Waals surface area contributed by atoms with E-state index in [1.165, 1.54) is 16.3 Å². The molecule has 0 amide bonds. The first-order valence-corrected chi connectivity index (χ1v) is 4.53. The minimum absolute atomic E-state index is 0.466. The molecule has 13 heavy (non-hydrogen) atoms. The summed E-state index contributed by atoms with van der Waals surface area (Å²) in [4.78, 5) is 0. The molecule has 2 aromatic rings. The zero-order chi connectivity index (χ0) is 9.10. The summed E-state index contributed by atoms with van der Waals surface area (Å²) in [6.45, 7) is 0.466. The van der Waals surface area contributed by atoms with Gasteiger partial charge in [0.25, 0.3) is 0 Å². The Morgan fingerprint density at radius 2 is 1.69 bits per heavy atom. The molecule has 0 heterocycles. The molecule has 0 saturated heterocycles. The van der Waals surface area contributed by atoms with Gasteiger partial charge in [-0.1, -0.05) is 42.5 Å². The average molecular weight is 170 g/mol. The maximum Gasteiger partial charge on any atom is 0.0140 e. The van der Waals surface area contributed by atoms with Crippen molar-refractivity contribution in [3.8, 4) is 0 Å². The van der Waals surface area contributed by atoms with Crippen molar-refractivity contribution in [3.05, 3.63) is 48.0 Å².